The molecule has 1 nitrogen and oxygen atoms in total. The maximum Gasteiger partial charge on any atom is 0.108 e. The molecule has 2 aromatic rings. The van der Waals surface area contributed by atoms with Crippen LogP contribution in [0.1, 0.15) is 30.1 Å². The lowest BCUT2D eigenvalue weighted by Crippen LogP contribution is -2.07. The Balaban J connectivity index is 2.13. The van der Waals surface area contributed by atoms with Gasteiger partial charge in [0, 0.05) is 17.0 Å². The minimum Gasteiger partial charge on any atom is -0.369 e. The van der Waals surface area contributed by atoms with E-state index >= 15 is 0 Å². The van der Waals surface area contributed by atoms with Gasteiger partial charge in [0.15, 0.2) is 0 Å². The molecule has 0 aromatic heterocycles. The molecule has 3 heteroatoms. The van der Waals surface area contributed by atoms with Gasteiger partial charge in [-0.05, 0) is 36.1 Å². The molecule has 106 valence electrons. The molecule has 0 bridgehead atoms. The maximum atomic E-state index is 6.09. The quantitative estimate of drug-likeness (QED) is 0.463. The number of halogens is 2. The summed E-state index contributed by atoms with van der Waals surface area (Å²) < 4.78 is 6.09. The first-order chi connectivity index (χ1) is 9.81. The van der Waals surface area contributed by atoms with Crippen molar-refractivity contribution in [3.05, 3.63) is 70.7 Å². The first-order valence-corrected chi connectivity index (χ1v) is 8.29. The highest BCUT2D eigenvalue weighted by molar-refractivity contribution is 9.09. The lowest BCUT2D eigenvalue weighted by Gasteiger charge is -2.19. The Morgan fingerprint density at radius 1 is 0.900 bits per heavy atom. The molecule has 0 heterocycles. The number of ether oxygens (including phenoxy) is 1. The van der Waals surface area contributed by atoms with Crippen molar-refractivity contribution in [1.29, 1.82) is 0 Å². The van der Waals surface area contributed by atoms with Crippen LogP contribution in [-0.2, 0) is 4.74 Å². The van der Waals surface area contributed by atoms with Crippen LogP contribution in [0, 0.1) is 0 Å². The van der Waals surface area contributed by atoms with E-state index in [1.54, 1.807) is 0 Å². The predicted octanol–water partition coefficient (Wildman–Crippen LogP) is 5.62. The van der Waals surface area contributed by atoms with E-state index < -0.39 is 0 Å². The molecule has 0 amide bonds. The first kappa shape index (κ1) is 15.6. The lowest BCUT2D eigenvalue weighted by molar-refractivity contribution is 0.0780. The molecule has 0 aliphatic rings. The van der Waals surface area contributed by atoms with E-state index in [2.05, 4.69) is 28.1 Å². The second-order valence-electron chi connectivity index (χ2n) is 4.61. The summed E-state index contributed by atoms with van der Waals surface area (Å²) in [6.45, 7) is 0.758. The molecule has 1 atom stereocenters. The van der Waals surface area contributed by atoms with E-state index in [1.807, 2.05) is 42.5 Å². The summed E-state index contributed by atoms with van der Waals surface area (Å²) in [5.41, 5.74) is 2.31. The van der Waals surface area contributed by atoms with Crippen molar-refractivity contribution in [1.82, 2.24) is 0 Å². The Labute approximate surface area is 134 Å². The molecule has 20 heavy (non-hydrogen) atoms. The fourth-order valence-electron chi connectivity index (χ4n) is 2.05. The molecule has 1 unspecified atom stereocenters. The second-order valence-corrected chi connectivity index (χ2v) is 5.84. The molecular weight excluding hydrogens is 336 g/mol. The average Bonchev–Trinajstić information content (AvgIpc) is 2.50. The standard InChI is InChI=1S/C17H18BrClO/c18-12-4-5-13-20-17(14-6-2-1-3-7-14)15-8-10-16(19)11-9-15/h1-3,6-11,17H,4-5,12-13H2. The summed E-state index contributed by atoms with van der Waals surface area (Å²) in [5.74, 6) is 0. The van der Waals surface area contributed by atoms with Crippen LogP contribution >= 0.6 is 27.5 Å². The summed E-state index contributed by atoms with van der Waals surface area (Å²) >= 11 is 9.41. The zero-order valence-corrected chi connectivity index (χ0v) is 13.6. The normalized spacial score (nSPS) is 12.3. The lowest BCUT2D eigenvalue weighted by atomic mass is 10.0. The largest absolute Gasteiger partial charge is 0.369 e. The first-order valence-electron chi connectivity index (χ1n) is 6.79. The predicted molar refractivity (Wildman–Crippen MR) is 88.7 cm³/mol. The number of hydrogen-bond acceptors (Lipinski definition) is 1. The van der Waals surface area contributed by atoms with E-state index in [0.29, 0.717) is 0 Å². The molecule has 0 aliphatic carbocycles. The number of unbranched alkanes of at least 4 members (excludes halogenated alkanes) is 1. The minimum atomic E-state index is -0.0243. The van der Waals surface area contributed by atoms with Crippen LogP contribution in [0.4, 0.5) is 0 Å². The van der Waals surface area contributed by atoms with Crippen LogP contribution in [0.15, 0.2) is 54.6 Å². The Morgan fingerprint density at radius 3 is 2.20 bits per heavy atom. The van der Waals surface area contributed by atoms with E-state index in [1.165, 1.54) is 5.56 Å². The Hall–Kier alpha value is -0.830. The summed E-state index contributed by atoms with van der Waals surface area (Å²) in [6, 6.07) is 18.2. The number of benzene rings is 2. The van der Waals surface area contributed by atoms with Gasteiger partial charge in [0.25, 0.3) is 0 Å². The number of rotatable bonds is 7. The highest BCUT2D eigenvalue weighted by atomic mass is 79.9. The van der Waals surface area contributed by atoms with E-state index in [-0.39, 0.29) is 6.10 Å². The fraction of sp³-hybridized carbons (Fsp3) is 0.294. The molecule has 2 aromatic carbocycles. The van der Waals surface area contributed by atoms with Gasteiger partial charge in [0.1, 0.15) is 6.10 Å². The smallest absolute Gasteiger partial charge is 0.108 e. The van der Waals surface area contributed by atoms with E-state index in [9.17, 15) is 0 Å². The van der Waals surface area contributed by atoms with Gasteiger partial charge in [-0.1, -0.05) is 70.0 Å². The molecule has 0 saturated carbocycles. The van der Waals surface area contributed by atoms with Gasteiger partial charge < -0.3 is 4.74 Å². The Bertz CT molecular complexity index is 498. The Morgan fingerprint density at radius 2 is 1.55 bits per heavy atom. The van der Waals surface area contributed by atoms with Crippen molar-refractivity contribution >= 4 is 27.5 Å². The minimum absolute atomic E-state index is 0.0243. The van der Waals surface area contributed by atoms with Crippen molar-refractivity contribution in [2.45, 2.75) is 18.9 Å². The maximum absolute atomic E-state index is 6.09. The van der Waals surface area contributed by atoms with E-state index in [4.69, 9.17) is 16.3 Å². The third kappa shape index (κ3) is 4.62. The third-order valence-corrected chi connectivity index (χ3v) is 3.90. The van der Waals surface area contributed by atoms with E-state index in [0.717, 1.165) is 35.4 Å². The average molecular weight is 354 g/mol. The third-order valence-electron chi connectivity index (χ3n) is 3.09. The zero-order valence-electron chi connectivity index (χ0n) is 11.3. The van der Waals surface area contributed by atoms with Gasteiger partial charge in [-0.3, -0.25) is 0 Å². The van der Waals surface area contributed by atoms with Crippen LogP contribution in [0.2, 0.25) is 5.02 Å². The number of hydrogen-bond donors (Lipinski definition) is 0. The monoisotopic (exact) mass is 352 g/mol. The molecule has 0 aliphatic heterocycles. The highest BCUT2D eigenvalue weighted by Gasteiger charge is 2.14. The van der Waals surface area contributed by atoms with Crippen LogP contribution in [0.3, 0.4) is 0 Å². The molecule has 2 rings (SSSR count). The fourth-order valence-corrected chi connectivity index (χ4v) is 2.57. The summed E-state index contributed by atoms with van der Waals surface area (Å²) in [5, 5.41) is 1.77. The van der Waals surface area contributed by atoms with Gasteiger partial charge >= 0.3 is 0 Å². The van der Waals surface area contributed by atoms with Crippen LogP contribution in [-0.4, -0.2) is 11.9 Å². The summed E-state index contributed by atoms with van der Waals surface area (Å²) in [4.78, 5) is 0. The van der Waals surface area contributed by atoms with Crippen molar-refractivity contribution in [3.8, 4) is 0 Å². The van der Waals surface area contributed by atoms with Crippen molar-refractivity contribution in [3.63, 3.8) is 0 Å². The van der Waals surface area contributed by atoms with Gasteiger partial charge in [-0.15, -0.1) is 0 Å². The molecule has 0 spiro atoms. The van der Waals surface area contributed by atoms with Crippen LogP contribution in [0.5, 0.6) is 0 Å². The Kier molecular flexibility index (Phi) is 6.58. The molecule has 0 N–H and O–H groups in total. The molecule has 0 saturated heterocycles. The van der Waals surface area contributed by atoms with Crippen LogP contribution < -0.4 is 0 Å². The van der Waals surface area contributed by atoms with Crippen LogP contribution in [0.25, 0.3) is 0 Å². The summed E-state index contributed by atoms with van der Waals surface area (Å²) in [6.07, 6.45) is 2.16. The van der Waals surface area contributed by atoms with Crippen molar-refractivity contribution in [2.24, 2.45) is 0 Å². The SMILES string of the molecule is Clc1ccc(C(OCCCCBr)c2ccccc2)cc1. The molecule has 0 radical (unpaired) electrons. The van der Waals surface area contributed by atoms with Gasteiger partial charge in [-0.2, -0.15) is 0 Å². The highest BCUT2D eigenvalue weighted by Crippen LogP contribution is 2.27. The van der Waals surface area contributed by atoms with Crippen molar-refractivity contribution in [2.75, 3.05) is 11.9 Å². The zero-order chi connectivity index (χ0) is 14.2. The molecule has 0 fully saturated rings. The van der Waals surface area contributed by atoms with Gasteiger partial charge in [-0.25, -0.2) is 0 Å². The topological polar surface area (TPSA) is 9.23 Å². The van der Waals surface area contributed by atoms with Crippen molar-refractivity contribution < 1.29 is 4.74 Å². The summed E-state index contributed by atoms with van der Waals surface area (Å²) in [7, 11) is 0. The molecular formula is C17H18BrClO. The second kappa shape index (κ2) is 8.46. The van der Waals surface area contributed by atoms with Gasteiger partial charge in [0.05, 0.1) is 0 Å². The van der Waals surface area contributed by atoms with Gasteiger partial charge in [0.2, 0.25) is 0 Å². The number of alkyl halides is 1.